The highest BCUT2D eigenvalue weighted by molar-refractivity contribution is 5.67. The molecular formula is C14H22O3. The zero-order valence-corrected chi connectivity index (χ0v) is 10.3. The van der Waals surface area contributed by atoms with Gasteiger partial charge in [-0.05, 0) is 30.6 Å². The number of carboxylic acid groups (broad SMARTS) is 1. The van der Waals surface area contributed by atoms with Crippen LogP contribution in [0.1, 0.15) is 51.4 Å². The molecule has 2 saturated carbocycles. The molecule has 3 heteroatoms. The Kier molecular flexibility index (Phi) is 3.12. The van der Waals surface area contributed by atoms with Gasteiger partial charge in [-0.15, -0.1) is 0 Å². The van der Waals surface area contributed by atoms with Crippen LogP contribution in [-0.4, -0.2) is 23.3 Å². The summed E-state index contributed by atoms with van der Waals surface area (Å²) in [5, 5.41) is 9.04. The van der Waals surface area contributed by atoms with Crippen molar-refractivity contribution in [1.82, 2.24) is 0 Å². The van der Waals surface area contributed by atoms with Crippen molar-refractivity contribution < 1.29 is 14.6 Å². The van der Waals surface area contributed by atoms with Gasteiger partial charge in [0.05, 0.1) is 12.2 Å². The van der Waals surface area contributed by atoms with E-state index in [0.29, 0.717) is 30.5 Å². The van der Waals surface area contributed by atoms with Gasteiger partial charge in [-0.2, -0.15) is 0 Å². The summed E-state index contributed by atoms with van der Waals surface area (Å²) >= 11 is 0. The molecule has 96 valence electrons. The average Bonchev–Trinajstić information content (AvgIpc) is 3.08. The molecule has 3 rings (SSSR count). The highest BCUT2D eigenvalue weighted by atomic mass is 16.6. The number of carbonyl (C=O) groups is 1. The van der Waals surface area contributed by atoms with Crippen molar-refractivity contribution in [3.8, 4) is 0 Å². The normalized spacial score (nSPS) is 41.9. The molecule has 4 unspecified atom stereocenters. The second kappa shape index (κ2) is 4.60. The van der Waals surface area contributed by atoms with Gasteiger partial charge in [0.25, 0.3) is 0 Å². The van der Waals surface area contributed by atoms with Crippen LogP contribution in [0.5, 0.6) is 0 Å². The van der Waals surface area contributed by atoms with Crippen molar-refractivity contribution in [1.29, 1.82) is 0 Å². The maximum atomic E-state index is 11.0. The smallest absolute Gasteiger partial charge is 0.303 e. The number of epoxide rings is 1. The average molecular weight is 238 g/mol. The zero-order chi connectivity index (χ0) is 11.8. The van der Waals surface area contributed by atoms with Crippen LogP contribution in [0.2, 0.25) is 0 Å². The van der Waals surface area contributed by atoms with E-state index in [-0.39, 0.29) is 0 Å². The summed E-state index contributed by atoms with van der Waals surface area (Å²) in [6, 6.07) is 0. The molecule has 0 aromatic carbocycles. The molecule has 3 aliphatic rings. The van der Waals surface area contributed by atoms with Crippen LogP contribution in [-0.2, 0) is 9.53 Å². The Hall–Kier alpha value is -0.570. The number of aliphatic carboxylic acids is 1. The van der Waals surface area contributed by atoms with E-state index in [9.17, 15) is 4.79 Å². The van der Waals surface area contributed by atoms with E-state index in [0.717, 1.165) is 18.8 Å². The minimum Gasteiger partial charge on any atom is -0.481 e. The Balaban J connectivity index is 1.70. The summed E-state index contributed by atoms with van der Waals surface area (Å²) in [5.41, 5.74) is 0. The third-order valence-corrected chi connectivity index (χ3v) is 5.00. The summed E-state index contributed by atoms with van der Waals surface area (Å²) in [7, 11) is 0. The van der Waals surface area contributed by atoms with Crippen molar-refractivity contribution in [3.05, 3.63) is 0 Å². The zero-order valence-electron chi connectivity index (χ0n) is 10.3. The first kappa shape index (κ1) is 11.5. The molecular weight excluding hydrogens is 216 g/mol. The molecule has 0 aromatic heterocycles. The molecule has 17 heavy (non-hydrogen) atoms. The Morgan fingerprint density at radius 3 is 2.59 bits per heavy atom. The monoisotopic (exact) mass is 238 g/mol. The summed E-state index contributed by atoms with van der Waals surface area (Å²) in [6.45, 7) is 0. The van der Waals surface area contributed by atoms with Crippen molar-refractivity contribution >= 4 is 5.97 Å². The van der Waals surface area contributed by atoms with Gasteiger partial charge < -0.3 is 9.84 Å². The van der Waals surface area contributed by atoms with Crippen molar-refractivity contribution in [3.63, 3.8) is 0 Å². The largest absolute Gasteiger partial charge is 0.481 e. The lowest BCUT2D eigenvalue weighted by atomic mass is 9.67. The Morgan fingerprint density at radius 1 is 1.12 bits per heavy atom. The minimum atomic E-state index is -0.630. The Bertz CT molecular complexity index is 296. The van der Waals surface area contributed by atoms with Crippen LogP contribution in [0.25, 0.3) is 0 Å². The molecule has 3 fully saturated rings. The maximum Gasteiger partial charge on any atom is 0.303 e. The van der Waals surface area contributed by atoms with E-state index in [1.165, 1.54) is 32.1 Å². The predicted octanol–water partition coefficient (Wildman–Crippen LogP) is 2.84. The number of hydrogen-bond donors (Lipinski definition) is 1. The summed E-state index contributed by atoms with van der Waals surface area (Å²) < 4.78 is 5.76. The summed E-state index contributed by atoms with van der Waals surface area (Å²) in [4.78, 5) is 11.0. The number of carboxylic acids is 1. The molecule has 1 aliphatic heterocycles. The Labute approximate surface area is 103 Å². The van der Waals surface area contributed by atoms with Gasteiger partial charge >= 0.3 is 5.97 Å². The highest BCUT2D eigenvalue weighted by Gasteiger charge is 2.53. The molecule has 1 saturated heterocycles. The van der Waals surface area contributed by atoms with E-state index in [1.807, 2.05) is 0 Å². The molecule has 0 amide bonds. The molecule has 1 heterocycles. The topological polar surface area (TPSA) is 49.8 Å². The molecule has 4 atom stereocenters. The van der Waals surface area contributed by atoms with Crippen LogP contribution in [0.4, 0.5) is 0 Å². The number of ether oxygens (including phenoxy) is 1. The third kappa shape index (κ3) is 2.35. The number of fused-ring (bicyclic) bond motifs is 1. The second-order valence-corrected chi connectivity index (χ2v) is 6.05. The van der Waals surface area contributed by atoms with Crippen LogP contribution >= 0.6 is 0 Å². The lowest BCUT2D eigenvalue weighted by molar-refractivity contribution is -0.139. The molecule has 0 aromatic rings. The van der Waals surface area contributed by atoms with Gasteiger partial charge in [0.1, 0.15) is 0 Å². The first-order chi connectivity index (χ1) is 8.25. The molecule has 0 bridgehead atoms. The van der Waals surface area contributed by atoms with E-state index >= 15 is 0 Å². The molecule has 0 radical (unpaired) electrons. The van der Waals surface area contributed by atoms with Gasteiger partial charge in [0.2, 0.25) is 0 Å². The molecule has 3 nitrogen and oxygen atoms in total. The molecule has 1 N–H and O–H groups in total. The van der Waals surface area contributed by atoms with Gasteiger partial charge in [0, 0.05) is 6.42 Å². The second-order valence-electron chi connectivity index (χ2n) is 6.05. The quantitative estimate of drug-likeness (QED) is 0.769. The summed E-state index contributed by atoms with van der Waals surface area (Å²) in [5.74, 6) is 1.03. The maximum absolute atomic E-state index is 11.0. The number of rotatable bonds is 3. The van der Waals surface area contributed by atoms with Crippen molar-refractivity contribution in [2.24, 2.45) is 17.8 Å². The standard InChI is InChI=1S/C14H22O3/c15-12(16)8-10-6-7-11-14(17-11)13(10)9-4-2-1-3-5-9/h9-11,13-14H,1-8H2,(H,15,16). The van der Waals surface area contributed by atoms with Gasteiger partial charge in [-0.1, -0.05) is 32.1 Å². The van der Waals surface area contributed by atoms with Crippen LogP contribution in [0.15, 0.2) is 0 Å². The van der Waals surface area contributed by atoms with Crippen molar-refractivity contribution in [2.75, 3.05) is 0 Å². The first-order valence-electron chi connectivity index (χ1n) is 7.13. The molecule has 0 spiro atoms. The lowest BCUT2D eigenvalue weighted by Crippen LogP contribution is -2.35. The van der Waals surface area contributed by atoms with E-state index in [1.54, 1.807) is 0 Å². The van der Waals surface area contributed by atoms with Crippen molar-refractivity contribution in [2.45, 2.75) is 63.6 Å². The fraction of sp³-hybridized carbons (Fsp3) is 0.929. The van der Waals surface area contributed by atoms with E-state index < -0.39 is 5.97 Å². The predicted molar refractivity (Wildman–Crippen MR) is 63.7 cm³/mol. The highest BCUT2D eigenvalue weighted by Crippen LogP contribution is 2.51. The fourth-order valence-corrected chi connectivity index (χ4v) is 4.20. The van der Waals surface area contributed by atoms with Gasteiger partial charge in [0.15, 0.2) is 0 Å². The Morgan fingerprint density at radius 2 is 1.88 bits per heavy atom. The first-order valence-corrected chi connectivity index (χ1v) is 7.13. The van der Waals surface area contributed by atoms with Gasteiger partial charge in [-0.3, -0.25) is 4.79 Å². The van der Waals surface area contributed by atoms with Crippen LogP contribution < -0.4 is 0 Å². The summed E-state index contributed by atoms with van der Waals surface area (Å²) in [6.07, 6.45) is 10.0. The van der Waals surface area contributed by atoms with Crippen LogP contribution in [0, 0.1) is 17.8 Å². The minimum absolute atomic E-state index is 0.355. The molecule has 2 aliphatic carbocycles. The lowest BCUT2D eigenvalue weighted by Gasteiger charge is -2.36. The number of hydrogen-bond acceptors (Lipinski definition) is 2. The van der Waals surface area contributed by atoms with E-state index in [4.69, 9.17) is 9.84 Å². The third-order valence-electron chi connectivity index (χ3n) is 5.00. The van der Waals surface area contributed by atoms with Crippen LogP contribution in [0.3, 0.4) is 0 Å². The SMILES string of the molecule is O=C(O)CC1CCC2OC2C1C1CCCCC1. The fourth-order valence-electron chi connectivity index (χ4n) is 4.20. The van der Waals surface area contributed by atoms with E-state index in [2.05, 4.69) is 0 Å². The van der Waals surface area contributed by atoms with Gasteiger partial charge in [-0.25, -0.2) is 0 Å².